The van der Waals surface area contributed by atoms with Crippen molar-refractivity contribution in [1.82, 2.24) is 10.2 Å². The number of amides is 1. The molecule has 132 valence electrons. The van der Waals surface area contributed by atoms with Crippen molar-refractivity contribution >= 4 is 28.3 Å². The molecule has 0 saturated carbocycles. The van der Waals surface area contributed by atoms with Crippen LogP contribution in [-0.2, 0) is 16.6 Å². The zero-order valence-corrected chi connectivity index (χ0v) is 15.6. The molecular formula is C19H21ClN2O2S. The fourth-order valence-electron chi connectivity index (χ4n) is 3.15. The van der Waals surface area contributed by atoms with Crippen LogP contribution >= 0.6 is 11.6 Å². The van der Waals surface area contributed by atoms with Gasteiger partial charge in [0.05, 0.1) is 6.04 Å². The lowest BCUT2D eigenvalue weighted by Gasteiger charge is -2.36. The monoisotopic (exact) mass is 376 g/mol. The summed E-state index contributed by atoms with van der Waals surface area (Å²) in [6.07, 6.45) is 1.67. The number of hydrogen-bond donors (Lipinski definition) is 1. The summed E-state index contributed by atoms with van der Waals surface area (Å²) >= 11 is 6.12. The Hall–Kier alpha value is -1.69. The average Bonchev–Trinajstić information content (AvgIpc) is 2.61. The van der Waals surface area contributed by atoms with E-state index in [0.29, 0.717) is 29.4 Å². The molecule has 1 amide bonds. The van der Waals surface area contributed by atoms with Gasteiger partial charge in [0.1, 0.15) is 0 Å². The highest BCUT2D eigenvalue weighted by molar-refractivity contribution is 7.83. The van der Waals surface area contributed by atoms with Crippen molar-refractivity contribution in [3.8, 4) is 0 Å². The Morgan fingerprint density at radius 1 is 1.28 bits per heavy atom. The van der Waals surface area contributed by atoms with Crippen LogP contribution in [0.15, 0.2) is 48.5 Å². The van der Waals surface area contributed by atoms with Crippen molar-refractivity contribution in [3.05, 3.63) is 70.2 Å². The van der Waals surface area contributed by atoms with Crippen LogP contribution < -0.4 is 5.32 Å². The number of benzene rings is 2. The molecule has 3 rings (SSSR count). The molecule has 2 aromatic rings. The smallest absolute Gasteiger partial charge is 0.254 e. The van der Waals surface area contributed by atoms with Crippen LogP contribution in [-0.4, -0.2) is 40.9 Å². The van der Waals surface area contributed by atoms with Gasteiger partial charge in [0.25, 0.3) is 5.91 Å². The molecule has 2 unspecified atom stereocenters. The predicted molar refractivity (Wildman–Crippen MR) is 102 cm³/mol. The summed E-state index contributed by atoms with van der Waals surface area (Å²) < 4.78 is 11.5. The lowest BCUT2D eigenvalue weighted by Crippen LogP contribution is -2.48. The van der Waals surface area contributed by atoms with Crippen molar-refractivity contribution in [3.63, 3.8) is 0 Å². The Morgan fingerprint density at radius 2 is 2.08 bits per heavy atom. The van der Waals surface area contributed by atoms with Gasteiger partial charge in [-0.1, -0.05) is 35.9 Å². The van der Waals surface area contributed by atoms with Crippen LogP contribution in [0.3, 0.4) is 0 Å². The minimum absolute atomic E-state index is 0.00443. The number of nitrogens with zero attached hydrogens (tertiary/aromatic N) is 1. The van der Waals surface area contributed by atoms with Gasteiger partial charge in [-0.25, -0.2) is 0 Å². The van der Waals surface area contributed by atoms with Gasteiger partial charge < -0.3 is 10.2 Å². The van der Waals surface area contributed by atoms with Gasteiger partial charge in [0.2, 0.25) is 0 Å². The third kappa shape index (κ3) is 4.48. The standard InChI is InChI=1S/C19H21ClN2O2S/c1-25(24)13-14-4-2-6-16(10-14)19(23)22-9-8-21-12-18(22)15-5-3-7-17(20)11-15/h2-7,10-11,18,21H,8-9,12-13H2,1H3. The highest BCUT2D eigenvalue weighted by Crippen LogP contribution is 2.26. The molecule has 2 aromatic carbocycles. The first-order valence-electron chi connectivity index (χ1n) is 8.21. The van der Waals surface area contributed by atoms with Crippen molar-refractivity contribution in [2.24, 2.45) is 0 Å². The van der Waals surface area contributed by atoms with Crippen LogP contribution in [0.2, 0.25) is 5.02 Å². The van der Waals surface area contributed by atoms with E-state index in [4.69, 9.17) is 11.6 Å². The zero-order valence-electron chi connectivity index (χ0n) is 14.1. The summed E-state index contributed by atoms with van der Waals surface area (Å²) in [4.78, 5) is 15.0. The highest BCUT2D eigenvalue weighted by Gasteiger charge is 2.28. The predicted octanol–water partition coefficient (Wildman–Crippen LogP) is 3.01. The van der Waals surface area contributed by atoms with Crippen molar-refractivity contribution in [1.29, 1.82) is 0 Å². The molecule has 4 nitrogen and oxygen atoms in total. The summed E-state index contributed by atoms with van der Waals surface area (Å²) in [6, 6.07) is 15.0. The maximum absolute atomic E-state index is 13.1. The van der Waals surface area contributed by atoms with Crippen LogP contribution in [0.5, 0.6) is 0 Å². The van der Waals surface area contributed by atoms with Gasteiger partial charge in [-0.3, -0.25) is 9.00 Å². The minimum atomic E-state index is -0.932. The average molecular weight is 377 g/mol. The second-order valence-electron chi connectivity index (χ2n) is 6.19. The molecule has 1 aliphatic heterocycles. The number of carbonyl (C=O) groups excluding carboxylic acids is 1. The van der Waals surface area contributed by atoms with Crippen molar-refractivity contribution in [2.45, 2.75) is 11.8 Å². The van der Waals surface area contributed by atoms with E-state index in [9.17, 15) is 9.00 Å². The van der Waals surface area contributed by atoms with Gasteiger partial charge >= 0.3 is 0 Å². The quantitative estimate of drug-likeness (QED) is 0.892. The van der Waals surface area contributed by atoms with Gasteiger partial charge in [-0.2, -0.15) is 0 Å². The van der Waals surface area contributed by atoms with Crippen molar-refractivity contribution < 1.29 is 9.00 Å². The number of nitrogens with one attached hydrogen (secondary N) is 1. The van der Waals surface area contributed by atoms with E-state index >= 15 is 0 Å². The fraction of sp³-hybridized carbons (Fsp3) is 0.316. The Labute approximate surface area is 155 Å². The summed E-state index contributed by atoms with van der Waals surface area (Å²) in [5.74, 6) is 0.454. The first kappa shape index (κ1) is 18.1. The van der Waals surface area contributed by atoms with Gasteiger partial charge in [0, 0.05) is 53.0 Å². The lowest BCUT2D eigenvalue weighted by molar-refractivity contribution is 0.0634. The van der Waals surface area contributed by atoms with Crippen molar-refractivity contribution in [2.75, 3.05) is 25.9 Å². The number of carbonyl (C=O) groups is 1. The fourth-order valence-corrected chi connectivity index (χ4v) is 4.00. The maximum atomic E-state index is 13.1. The number of piperazine rings is 1. The molecule has 6 heteroatoms. The van der Waals surface area contributed by atoms with Gasteiger partial charge in [-0.15, -0.1) is 0 Å². The zero-order chi connectivity index (χ0) is 17.8. The van der Waals surface area contributed by atoms with E-state index in [1.165, 1.54) is 0 Å². The van der Waals surface area contributed by atoms with E-state index in [1.54, 1.807) is 6.26 Å². The van der Waals surface area contributed by atoms with E-state index in [1.807, 2.05) is 53.4 Å². The largest absolute Gasteiger partial charge is 0.329 e. The maximum Gasteiger partial charge on any atom is 0.254 e. The Bertz CT molecular complexity index is 796. The number of rotatable bonds is 4. The van der Waals surface area contributed by atoms with Gasteiger partial charge in [-0.05, 0) is 35.4 Å². The molecule has 0 spiro atoms. The number of hydrogen-bond acceptors (Lipinski definition) is 3. The molecule has 25 heavy (non-hydrogen) atoms. The highest BCUT2D eigenvalue weighted by atomic mass is 35.5. The van der Waals surface area contributed by atoms with E-state index in [2.05, 4.69) is 5.32 Å². The SMILES string of the molecule is CS(=O)Cc1cccc(C(=O)N2CCNCC2c2cccc(Cl)c2)c1. The van der Waals surface area contributed by atoms with Crippen LogP contribution in [0.1, 0.15) is 27.5 Å². The summed E-state index contributed by atoms with van der Waals surface area (Å²) in [7, 11) is -0.932. The Kier molecular flexibility index (Phi) is 5.89. The van der Waals surface area contributed by atoms with E-state index in [-0.39, 0.29) is 11.9 Å². The molecule has 0 bridgehead atoms. The number of halogens is 1. The molecule has 0 aliphatic carbocycles. The van der Waals surface area contributed by atoms with E-state index in [0.717, 1.165) is 17.7 Å². The van der Waals surface area contributed by atoms with E-state index < -0.39 is 10.8 Å². The second kappa shape index (κ2) is 8.13. The molecule has 1 fully saturated rings. The molecular weight excluding hydrogens is 356 g/mol. The van der Waals surface area contributed by atoms with Crippen LogP contribution in [0.4, 0.5) is 0 Å². The van der Waals surface area contributed by atoms with Gasteiger partial charge in [0.15, 0.2) is 0 Å². The molecule has 1 aliphatic rings. The molecule has 0 radical (unpaired) electrons. The molecule has 1 saturated heterocycles. The first-order valence-corrected chi connectivity index (χ1v) is 10.3. The molecule has 2 atom stereocenters. The summed E-state index contributed by atoms with van der Waals surface area (Å²) in [6.45, 7) is 2.10. The molecule has 1 N–H and O–H groups in total. The Morgan fingerprint density at radius 3 is 2.84 bits per heavy atom. The topological polar surface area (TPSA) is 49.4 Å². The minimum Gasteiger partial charge on any atom is -0.329 e. The normalized spacial score (nSPS) is 18.8. The second-order valence-corrected chi connectivity index (χ2v) is 8.06. The van der Waals surface area contributed by atoms with Crippen LogP contribution in [0, 0.1) is 0 Å². The molecule has 0 aromatic heterocycles. The third-order valence-electron chi connectivity index (χ3n) is 4.28. The molecule has 1 heterocycles. The first-order chi connectivity index (χ1) is 12.0. The lowest BCUT2D eigenvalue weighted by atomic mass is 10.0. The van der Waals surface area contributed by atoms with Crippen LogP contribution in [0.25, 0.3) is 0 Å². The summed E-state index contributed by atoms with van der Waals surface area (Å²) in [5, 5.41) is 4.02. The summed E-state index contributed by atoms with van der Waals surface area (Å²) in [5.41, 5.74) is 2.58. The Balaban J connectivity index is 1.87. The third-order valence-corrected chi connectivity index (χ3v) is 5.26.